The van der Waals surface area contributed by atoms with E-state index in [0.29, 0.717) is 38.0 Å². The molecule has 0 saturated carbocycles. The lowest BCUT2D eigenvalue weighted by molar-refractivity contribution is -0.132. The first-order chi connectivity index (χ1) is 16.5. The number of benzene rings is 1. The van der Waals surface area contributed by atoms with Crippen LogP contribution in [-0.2, 0) is 35.5 Å². The molecule has 0 radical (unpaired) electrons. The number of nitrogens with zero attached hydrogens (tertiary/aromatic N) is 2. The van der Waals surface area contributed by atoms with Gasteiger partial charge in [0, 0.05) is 42.0 Å². The zero-order valence-electron chi connectivity index (χ0n) is 19.0. The van der Waals surface area contributed by atoms with Crippen LogP contribution in [0.2, 0.25) is 0 Å². The Kier molecular flexibility index (Phi) is 6.15. The highest BCUT2D eigenvalue weighted by Crippen LogP contribution is 2.30. The lowest BCUT2D eigenvalue weighted by atomic mass is 9.94. The van der Waals surface area contributed by atoms with Gasteiger partial charge in [-0.15, -0.1) is 11.3 Å². The topological polar surface area (TPSA) is 91.4 Å². The first-order valence-corrected chi connectivity index (χ1v) is 12.3. The van der Waals surface area contributed by atoms with Crippen molar-refractivity contribution in [1.29, 1.82) is 0 Å². The fraction of sp³-hybridized carbons (Fsp3) is 0.308. The van der Waals surface area contributed by atoms with Crippen LogP contribution in [0.5, 0.6) is 0 Å². The van der Waals surface area contributed by atoms with Gasteiger partial charge in [0.05, 0.1) is 18.9 Å². The Hall–Kier alpha value is -3.52. The first-order valence-electron chi connectivity index (χ1n) is 11.4. The van der Waals surface area contributed by atoms with E-state index in [0.717, 1.165) is 27.3 Å². The molecule has 0 spiro atoms. The normalized spacial score (nSPS) is 16.6. The van der Waals surface area contributed by atoms with E-state index in [-0.39, 0.29) is 30.2 Å². The fourth-order valence-electron chi connectivity index (χ4n) is 4.78. The van der Waals surface area contributed by atoms with E-state index in [2.05, 4.69) is 15.6 Å². The zero-order chi connectivity index (χ0) is 23.7. The van der Waals surface area contributed by atoms with Crippen molar-refractivity contribution in [3.63, 3.8) is 0 Å². The summed E-state index contributed by atoms with van der Waals surface area (Å²) >= 11 is 1.58. The second kappa shape index (κ2) is 9.38. The van der Waals surface area contributed by atoms with E-state index >= 15 is 0 Å². The van der Waals surface area contributed by atoms with Gasteiger partial charge in [-0.3, -0.25) is 19.4 Å². The maximum atomic E-state index is 13.1. The van der Waals surface area contributed by atoms with Crippen molar-refractivity contribution in [2.75, 3.05) is 6.54 Å². The van der Waals surface area contributed by atoms with Crippen LogP contribution in [0.4, 0.5) is 0 Å². The number of aromatic nitrogens is 1. The molecular weight excluding hydrogens is 448 g/mol. The number of carbonyl (C=O) groups is 3. The summed E-state index contributed by atoms with van der Waals surface area (Å²) in [7, 11) is 0. The van der Waals surface area contributed by atoms with Crippen molar-refractivity contribution in [3.05, 3.63) is 86.4 Å². The van der Waals surface area contributed by atoms with Crippen molar-refractivity contribution >= 4 is 29.1 Å². The average Bonchev–Trinajstić information content (AvgIpc) is 3.46. The molecule has 0 bridgehead atoms. The molecule has 1 unspecified atom stereocenters. The van der Waals surface area contributed by atoms with Crippen LogP contribution < -0.4 is 10.6 Å². The van der Waals surface area contributed by atoms with Gasteiger partial charge < -0.3 is 15.5 Å². The minimum Gasteiger partial charge on any atom is -0.352 e. The molecule has 0 fully saturated rings. The van der Waals surface area contributed by atoms with Crippen molar-refractivity contribution < 1.29 is 14.4 Å². The third kappa shape index (κ3) is 4.46. The van der Waals surface area contributed by atoms with E-state index in [1.54, 1.807) is 17.4 Å². The molecule has 1 atom stereocenters. The Labute approximate surface area is 202 Å². The predicted octanol–water partition coefficient (Wildman–Crippen LogP) is 3.07. The summed E-state index contributed by atoms with van der Waals surface area (Å²) in [6, 6.07) is 11.0. The zero-order valence-corrected chi connectivity index (χ0v) is 19.8. The Morgan fingerprint density at radius 2 is 2.09 bits per heavy atom. The number of carbonyl (C=O) groups excluding carboxylic acids is 3. The van der Waals surface area contributed by atoms with Gasteiger partial charge in [0.1, 0.15) is 0 Å². The molecule has 2 aromatic heterocycles. The van der Waals surface area contributed by atoms with Crippen LogP contribution in [0.1, 0.15) is 55.6 Å². The molecule has 1 aromatic carbocycles. The molecule has 3 amide bonds. The van der Waals surface area contributed by atoms with Crippen molar-refractivity contribution in [2.24, 2.45) is 0 Å². The van der Waals surface area contributed by atoms with Gasteiger partial charge in [0.25, 0.3) is 5.91 Å². The number of amides is 3. The van der Waals surface area contributed by atoms with Gasteiger partial charge in [-0.05, 0) is 53.1 Å². The monoisotopic (exact) mass is 474 g/mol. The van der Waals surface area contributed by atoms with E-state index in [9.17, 15) is 14.4 Å². The van der Waals surface area contributed by atoms with Gasteiger partial charge in [-0.2, -0.15) is 0 Å². The second-order valence-electron chi connectivity index (χ2n) is 8.74. The number of fused-ring (bicyclic) bond motifs is 2. The third-order valence-corrected chi connectivity index (χ3v) is 7.47. The molecule has 4 heterocycles. The minimum absolute atomic E-state index is 0.00837. The third-order valence-electron chi connectivity index (χ3n) is 6.59. The molecule has 34 heavy (non-hydrogen) atoms. The van der Waals surface area contributed by atoms with E-state index in [4.69, 9.17) is 0 Å². The molecule has 8 heteroatoms. The summed E-state index contributed by atoms with van der Waals surface area (Å²) in [6.07, 6.45) is 3.17. The summed E-state index contributed by atoms with van der Waals surface area (Å²) < 4.78 is 0. The predicted molar refractivity (Wildman–Crippen MR) is 129 cm³/mol. The van der Waals surface area contributed by atoms with E-state index in [1.807, 2.05) is 53.7 Å². The van der Waals surface area contributed by atoms with E-state index in [1.165, 1.54) is 5.56 Å². The molecule has 0 aliphatic carbocycles. The summed E-state index contributed by atoms with van der Waals surface area (Å²) in [5.41, 5.74) is 5.67. The van der Waals surface area contributed by atoms with Crippen molar-refractivity contribution in [2.45, 2.75) is 45.3 Å². The van der Waals surface area contributed by atoms with Gasteiger partial charge in [0.15, 0.2) is 0 Å². The quantitative estimate of drug-likeness (QED) is 0.575. The van der Waals surface area contributed by atoms with Crippen LogP contribution in [-0.4, -0.2) is 34.2 Å². The fourth-order valence-corrected chi connectivity index (χ4v) is 5.48. The van der Waals surface area contributed by atoms with Crippen LogP contribution in [0.25, 0.3) is 0 Å². The summed E-state index contributed by atoms with van der Waals surface area (Å²) in [6.45, 7) is 3.48. The molecule has 2 aliphatic rings. The molecule has 2 aliphatic heterocycles. The van der Waals surface area contributed by atoms with Crippen LogP contribution in [0.15, 0.2) is 48.0 Å². The van der Waals surface area contributed by atoms with Crippen LogP contribution in [0.3, 0.4) is 0 Å². The molecular formula is C26H26N4O3S. The first kappa shape index (κ1) is 22.3. The highest BCUT2D eigenvalue weighted by Gasteiger charge is 2.32. The molecule has 2 N–H and O–H groups in total. The van der Waals surface area contributed by atoms with Crippen LogP contribution >= 0.6 is 11.3 Å². The van der Waals surface area contributed by atoms with Crippen LogP contribution in [0, 0.1) is 6.92 Å². The number of thiophene rings is 1. The number of nitrogens with one attached hydrogen (secondary N) is 2. The SMILES string of the molecule is Cc1ncc2c(c1CNC(=O)Cc1cccs1)CCN(C(=O)CC1NC(=O)c3ccccc31)C2. The number of rotatable bonds is 6. The Morgan fingerprint density at radius 1 is 1.24 bits per heavy atom. The Balaban J connectivity index is 1.24. The maximum Gasteiger partial charge on any atom is 0.252 e. The number of pyridine rings is 1. The summed E-state index contributed by atoms with van der Waals surface area (Å²) in [5.74, 6) is -0.118. The van der Waals surface area contributed by atoms with Gasteiger partial charge in [0.2, 0.25) is 11.8 Å². The standard InChI is InChI=1S/C26H26N4O3S/c1-16-22(14-28-24(31)11-18-5-4-10-34-18)19-8-9-30(15-17(19)13-27-16)25(32)12-23-20-6-2-3-7-21(20)26(33)29-23/h2-7,10,13,23H,8-9,11-12,14-15H2,1H3,(H,28,31)(H,29,33). The van der Waals surface area contributed by atoms with Gasteiger partial charge in [-0.1, -0.05) is 24.3 Å². The largest absolute Gasteiger partial charge is 0.352 e. The molecule has 0 saturated heterocycles. The second-order valence-corrected chi connectivity index (χ2v) is 9.77. The minimum atomic E-state index is -0.289. The molecule has 7 nitrogen and oxygen atoms in total. The van der Waals surface area contributed by atoms with Gasteiger partial charge in [-0.25, -0.2) is 0 Å². The molecule has 3 aromatic rings. The highest BCUT2D eigenvalue weighted by molar-refractivity contribution is 7.10. The van der Waals surface area contributed by atoms with Gasteiger partial charge >= 0.3 is 0 Å². The van der Waals surface area contributed by atoms with E-state index < -0.39 is 0 Å². The number of hydrogen-bond acceptors (Lipinski definition) is 5. The smallest absolute Gasteiger partial charge is 0.252 e. The van der Waals surface area contributed by atoms with Crippen molar-refractivity contribution in [1.82, 2.24) is 20.5 Å². The Morgan fingerprint density at radius 3 is 2.91 bits per heavy atom. The summed E-state index contributed by atoms with van der Waals surface area (Å²) in [4.78, 5) is 45.1. The lowest BCUT2D eigenvalue weighted by Crippen LogP contribution is -2.38. The highest BCUT2D eigenvalue weighted by atomic mass is 32.1. The number of hydrogen-bond donors (Lipinski definition) is 2. The Bertz CT molecular complexity index is 1250. The maximum absolute atomic E-state index is 13.1. The summed E-state index contributed by atoms with van der Waals surface area (Å²) in [5, 5.41) is 7.93. The average molecular weight is 475 g/mol. The van der Waals surface area contributed by atoms with Crippen molar-refractivity contribution in [3.8, 4) is 0 Å². The molecule has 5 rings (SSSR count). The number of aryl methyl sites for hydroxylation is 1. The molecule has 174 valence electrons. The lowest BCUT2D eigenvalue weighted by Gasteiger charge is -2.31.